The van der Waals surface area contributed by atoms with Crippen molar-refractivity contribution in [2.45, 2.75) is 6.92 Å². The van der Waals surface area contributed by atoms with Crippen LogP contribution in [0.5, 0.6) is 0 Å². The number of carbonyl (C=O) groups excluding carboxylic acids is 1. The molecular weight excluding hydrogens is 360 g/mol. The van der Waals surface area contributed by atoms with E-state index in [1.54, 1.807) is 23.9 Å². The van der Waals surface area contributed by atoms with Gasteiger partial charge in [0.15, 0.2) is 0 Å². The molecule has 0 spiro atoms. The van der Waals surface area contributed by atoms with Crippen molar-refractivity contribution in [1.29, 1.82) is 0 Å². The third-order valence-electron chi connectivity index (χ3n) is 4.48. The van der Waals surface area contributed by atoms with Crippen LogP contribution in [0.15, 0.2) is 47.5 Å². The van der Waals surface area contributed by atoms with Crippen molar-refractivity contribution >= 4 is 34.7 Å². The molecule has 1 saturated heterocycles. The van der Waals surface area contributed by atoms with Gasteiger partial charge in [0.05, 0.1) is 5.56 Å². The maximum absolute atomic E-state index is 12.5. The van der Waals surface area contributed by atoms with Gasteiger partial charge in [0.25, 0.3) is 5.91 Å². The van der Waals surface area contributed by atoms with E-state index in [-0.39, 0.29) is 5.91 Å². The molecule has 1 N–H and O–H groups in total. The standard InChI is InChI=1S/C19H20N6OS/c1-14-2-4-20-16(10-14)23-17-11-18(22-13-21-17)24-5-7-25(8-6-24)19(26)15-3-9-27-12-15/h2-4,9-13H,5-8H2,1H3,(H,20,21,22,23). The number of rotatable bonds is 4. The fourth-order valence-corrected chi connectivity index (χ4v) is 3.66. The Kier molecular flexibility index (Phi) is 4.97. The molecule has 27 heavy (non-hydrogen) atoms. The zero-order valence-corrected chi connectivity index (χ0v) is 15.8. The number of piperazine rings is 1. The number of thiophene rings is 1. The van der Waals surface area contributed by atoms with Crippen molar-refractivity contribution in [3.05, 3.63) is 58.7 Å². The van der Waals surface area contributed by atoms with Crippen LogP contribution in [0.3, 0.4) is 0 Å². The molecule has 4 rings (SSSR count). The number of hydrogen-bond donors (Lipinski definition) is 1. The van der Waals surface area contributed by atoms with Gasteiger partial charge in [0.2, 0.25) is 0 Å². The summed E-state index contributed by atoms with van der Waals surface area (Å²) < 4.78 is 0. The van der Waals surface area contributed by atoms with E-state index in [4.69, 9.17) is 0 Å². The van der Waals surface area contributed by atoms with Gasteiger partial charge in [0.1, 0.15) is 23.8 Å². The number of aryl methyl sites for hydroxylation is 1. The van der Waals surface area contributed by atoms with Crippen LogP contribution in [-0.2, 0) is 0 Å². The number of carbonyl (C=O) groups is 1. The summed E-state index contributed by atoms with van der Waals surface area (Å²) in [6.07, 6.45) is 3.32. The molecule has 0 aromatic carbocycles. The van der Waals surface area contributed by atoms with E-state index in [0.29, 0.717) is 18.9 Å². The van der Waals surface area contributed by atoms with E-state index in [9.17, 15) is 4.79 Å². The first kappa shape index (κ1) is 17.4. The zero-order valence-electron chi connectivity index (χ0n) is 15.0. The molecule has 8 heteroatoms. The molecular formula is C19H20N6OS. The highest BCUT2D eigenvalue weighted by Crippen LogP contribution is 2.20. The Bertz CT molecular complexity index is 921. The molecule has 0 bridgehead atoms. The Labute approximate surface area is 161 Å². The first-order valence-electron chi connectivity index (χ1n) is 8.77. The Morgan fingerprint density at radius 2 is 1.89 bits per heavy atom. The summed E-state index contributed by atoms with van der Waals surface area (Å²) in [6, 6.07) is 7.71. The van der Waals surface area contributed by atoms with Crippen molar-refractivity contribution in [3.63, 3.8) is 0 Å². The van der Waals surface area contributed by atoms with Crippen LogP contribution in [0.25, 0.3) is 0 Å². The third-order valence-corrected chi connectivity index (χ3v) is 5.17. The first-order chi connectivity index (χ1) is 13.2. The predicted molar refractivity (Wildman–Crippen MR) is 107 cm³/mol. The molecule has 3 aromatic heterocycles. The highest BCUT2D eigenvalue weighted by molar-refractivity contribution is 7.08. The second-order valence-electron chi connectivity index (χ2n) is 6.40. The summed E-state index contributed by atoms with van der Waals surface area (Å²) in [5.41, 5.74) is 1.90. The number of hydrogen-bond acceptors (Lipinski definition) is 7. The van der Waals surface area contributed by atoms with Crippen molar-refractivity contribution < 1.29 is 4.79 Å². The summed E-state index contributed by atoms with van der Waals surface area (Å²) in [7, 11) is 0. The van der Waals surface area contributed by atoms with Crippen molar-refractivity contribution in [3.8, 4) is 0 Å². The van der Waals surface area contributed by atoms with Crippen LogP contribution in [0.4, 0.5) is 17.5 Å². The predicted octanol–water partition coefficient (Wildman–Crippen LogP) is 2.95. The average Bonchev–Trinajstić information content (AvgIpc) is 3.23. The Balaban J connectivity index is 1.40. The molecule has 1 amide bonds. The molecule has 1 aliphatic heterocycles. The largest absolute Gasteiger partial charge is 0.353 e. The molecule has 0 aliphatic carbocycles. The van der Waals surface area contributed by atoms with Gasteiger partial charge >= 0.3 is 0 Å². The molecule has 3 aromatic rings. The van der Waals surface area contributed by atoms with Crippen molar-refractivity contribution in [2.75, 3.05) is 36.4 Å². The summed E-state index contributed by atoms with van der Waals surface area (Å²) >= 11 is 1.55. The second kappa shape index (κ2) is 7.71. The van der Waals surface area contributed by atoms with Crippen molar-refractivity contribution in [1.82, 2.24) is 19.9 Å². The number of aromatic nitrogens is 3. The van der Waals surface area contributed by atoms with Gasteiger partial charge in [-0.3, -0.25) is 4.79 Å². The fourth-order valence-electron chi connectivity index (χ4n) is 3.03. The Morgan fingerprint density at radius 1 is 1.07 bits per heavy atom. The zero-order chi connectivity index (χ0) is 18.6. The van der Waals surface area contributed by atoms with Gasteiger partial charge in [-0.05, 0) is 36.1 Å². The Hall–Kier alpha value is -3.00. The maximum Gasteiger partial charge on any atom is 0.254 e. The topological polar surface area (TPSA) is 74.2 Å². The number of nitrogens with one attached hydrogen (secondary N) is 1. The van der Waals surface area contributed by atoms with Crippen LogP contribution < -0.4 is 10.2 Å². The first-order valence-corrected chi connectivity index (χ1v) is 9.71. The quantitative estimate of drug-likeness (QED) is 0.750. The molecule has 1 aliphatic rings. The molecule has 1 fully saturated rings. The highest BCUT2D eigenvalue weighted by Gasteiger charge is 2.23. The minimum absolute atomic E-state index is 0.103. The van der Waals surface area contributed by atoms with Gasteiger partial charge in [-0.2, -0.15) is 11.3 Å². The van der Waals surface area contributed by atoms with Crippen molar-refractivity contribution in [2.24, 2.45) is 0 Å². The van der Waals surface area contributed by atoms with Gasteiger partial charge in [-0.1, -0.05) is 0 Å². The van der Waals surface area contributed by atoms with Gasteiger partial charge in [-0.25, -0.2) is 15.0 Å². The lowest BCUT2D eigenvalue weighted by atomic mass is 10.2. The summed E-state index contributed by atoms with van der Waals surface area (Å²) in [6.45, 7) is 4.88. The monoisotopic (exact) mass is 380 g/mol. The number of anilines is 3. The van der Waals surface area contributed by atoms with Crippen LogP contribution in [0, 0.1) is 6.92 Å². The fraction of sp³-hybridized carbons (Fsp3) is 0.263. The lowest BCUT2D eigenvalue weighted by Gasteiger charge is -2.35. The third kappa shape index (κ3) is 4.06. The van der Waals surface area contributed by atoms with Gasteiger partial charge in [-0.15, -0.1) is 0 Å². The molecule has 0 saturated carbocycles. The highest BCUT2D eigenvalue weighted by atomic mass is 32.1. The average molecular weight is 380 g/mol. The van der Waals surface area contributed by atoms with E-state index >= 15 is 0 Å². The van der Waals surface area contributed by atoms with E-state index < -0.39 is 0 Å². The Morgan fingerprint density at radius 3 is 2.63 bits per heavy atom. The van der Waals surface area contributed by atoms with Gasteiger partial charge < -0.3 is 15.1 Å². The van der Waals surface area contributed by atoms with Crippen LogP contribution in [0.1, 0.15) is 15.9 Å². The van der Waals surface area contributed by atoms with E-state index in [1.165, 1.54) is 0 Å². The van der Waals surface area contributed by atoms with Crippen LogP contribution >= 0.6 is 11.3 Å². The van der Waals surface area contributed by atoms with E-state index in [2.05, 4.69) is 25.2 Å². The van der Waals surface area contributed by atoms with Gasteiger partial charge in [0, 0.05) is 43.8 Å². The number of nitrogens with zero attached hydrogens (tertiary/aromatic N) is 5. The second-order valence-corrected chi connectivity index (χ2v) is 7.18. The molecule has 0 atom stereocenters. The molecule has 0 radical (unpaired) electrons. The molecule has 7 nitrogen and oxygen atoms in total. The molecule has 4 heterocycles. The van der Waals surface area contributed by atoms with Crippen LogP contribution in [0.2, 0.25) is 0 Å². The molecule has 138 valence electrons. The summed E-state index contributed by atoms with van der Waals surface area (Å²) in [4.78, 5) is 29.5. The minimum atomic E-state index is 0.103. The minimum Gasteiger partial charge on any atom is -0.353 e. The van der Waals surface area contributed by atoms with E-state index in [0.717, 1.165) is 35.9 Å². The SMILES string of the molecule is Cc1ccnc(Nc2cc(N3CCN(C(=O)c4ccsc4)CC3)ncn2)c1. The number of pyridine rings is 1. The summed E-state index contributed by atoms with van der Waals surface area (Å²) in [5.74, 6) is 2.41. The molecule has 0 unspecified atom stereocenters. The maximum atomic E-state index is 12.5. The van der Waals surface area contributed by atoms with Crippen LogP contribution in [-0.4, -0.2) is 51.9 Å². The normalized spacial score (nSPS) is 14.3. The lowest BCUT2D eigenvalue weighted by Crippen LogP contribution is -2.49. The van der Waals surface area contributed by atoms with E-state index in [1.807, 2.05) is 46.8 Å². The summed E-state index contributed by atoms with van der Waals surface area (Å²) in [5, 5.41) is 7.05. The smallest absolute Gasteiger partial charge is 0.254 e. The lowest BCUT2D eigenvalue weighted by molar-refractivity contribution is 0.0747. The number of amides is 1.